The molecule has 1 aromatic heterocycles. The summed E-state index contributed by atoms with van der Waals surface area (Å²) in [6.45, 7) is 1.85. The maximum absolute atomic E-state index is 12.4. The third kappa shape index (κ3) is 4.07. The SMILES string of the molecule is Cc1cccc(-c2nnc(COC(=O)c3ccc4c(c3)NC(=O)CCS4)o2)c1. The Hall–Kier alpha value is -3.13. The molecule has 2 heterocycles. The van der Waals surface area contributed by atoms with Crippen molar-refractivity contribution in [3.63, 3.8) is 0 Å². The van der Waals surface area contributed by atoms with E-state index in [4.69, 9.17) is 9.15 Å². The van der Waals surface area contributed by atoms with E-state index in [2.05, 4.69) is 15.5 Å². The van der Waals surface area contributed by atoms with E-state index in [1.807, 2.05) is 37.3 Å². The molecule has 0 radical (unpaired) electrons. The monoisotopic (exact) mass is 395 g/mol. The molecule has 1 amide bonds. The van der Waals surface area contributed by atoms with Crippen molar-refractivity contribution in [1.82, 2.24) is 10.2 Å². The predicted molar refractivity (Wildman–Crippen MR) is 104 cm³/mol. The van der Waals surface area contributed by atoms with Gasteiger partial charge in [-0.15, -0.1) is 22.0 Å². The van der Waals surface area contributed by atoms with Crippen LogP contribution in [-0.4, -0.2) is 27.8 Å². The topological polar surface area (TPSA) is 94.3 Å². The van der Waals surface area contributed by atoms with Crippen molar-refractivity contribution >= 4 is 29.3 Å². The molecule has 0 bridgehead atoms. The smallest absolute Gasteiger partial charge is 0.338 e. The second kappa shape index (κ2) is 7.85. The van der Waals surface area contributed by atoms with Gasteiger partial charge in [-0.05, 0) is 37.3 Å². The van der Waals surface area contributed by atoms with E-state index < -0.39 is 5.97 Å². The van der Waals surface area contributed by atoms with Gasteiger partial charge in [-0.3, -0.25) is 4.79 Å². The first-order chi connectivity index (χ1) is 13.6. The molecule has 2 aromatic carbocycles. The largest absolute Gasteiger partial charge is 0.452 e. The van der Waals surface area contributed by atoms with Crippen LogP contribution in [0.5, 0.6) is 0 Å². The highest BCUT2D eigenvalue weighted by Gasteiger charge is 2.17. The van der Waals surface area contributed by atoms with Crippen LogP contribution in [0.2, 0.25) is 0 Å². The molecule has 3 aromatic rings. The lowest BCUT2D eigenvalue weighted by molar-refractivity contribution is -0.115. The fourth-order valence-electron chi connectivity index (χ4n) is 2.76. The standard InChI is InChI=1S/C20H17N3O4S/c1-12-3-2-4-13(9-12)19-23-22-18(27-19)11-26-20(25)14-5-6-16-15(10-14)21-17(24)7-8-28-16/h2-6,9-10H,7-8,11H2,1H3,(H,21,24). The minimum absolute atomic E-state index is 0.0636. The van der Waals surface area contributed by atoms with Gasteiger partial charge in [-0.1, -0.05) is 17.7 Å². The van der Waals surface area contributed by atoms with Gasteiger partial charge in [0.05, 0.1) is 11.3 Å². The molecule has 0 saturated carbocycles. The molecule has 1 aliphatic heterocycles. The van der Waals surface area contributed by atoms with Gasteiger partial charge in [0.15, 0.2) is 6.61 Å². The van der Waals surface area contributed by atoms with Crippen LogP contribution >= 0.6 is 11.8 Å². The number of amides is 1. The van der Waals surface area contributed by atoms with Gasteiger partial charge < -0.3 is 14.5 Å². The first-order valence-electron chi connectivity index (χ1n) is 8.72. The molecule has 4 rings (SSSR count). The molecule has 28 heavy (non-hydrogen) atoms. The van der Waals surface area contributed by atoms with Crippen LogP contribution in [0, 0.1) is 6.92 Å². The lowest BCUT2D eigenvalue weighted by atomic mass is 10.1. The molecule has 0 unspecified atom stereocenters. The minimum Gasteiger partial charge on any atom is -0.452 e. The van der Waals surface area contributed by atoms with Crippen LogP contribution in [0.3, 0.4) is 0 Å². The Labute approximate surface area is 165 Å². The summed E-state index contributed by atoms with van der Waals surface area (Å²) in [5.41, 5.74) is 2.86. The molecule has 0 aliphatic carbocycles. The number of aryl methyl sites for hydroxylation is 1. The molecule has 8 heteroatoms. The Balaban J connectivity index is 1.43. The van der Waals surface area contributed by atoms with Crippen LogP contribution in [0.25, 0.3) is 11.5 Å². The van der Waals surface area contributed by atoms with Crippen LogP contribution in [0.1, 0.15) is 28.2 Å². The zero-order valence-corrected chi connectivity index (χ0v) is 15.9. The average Bonchev–Trinajstić information content (AvgIpc) is 3.08. The fraction of sp³-hybridized carbons (Fsp3) is 0.200. The Morgan fingerprint density at radius 2 is 2.14 bits per heavy atom. The fourth-order valence-corrected chi connectivity index (χ4v) is 3.70. The Kier molecular flexibility index (Phi) is 5.12. The van der Waals surface area contributed by atoms with Crippen molar-refractivity contribution in [2.45, 2.75) is 24.8 Å². The number of esters is 1. The van der Waals surface area contributed by atoms with Crippen molar-refractivity contribution in [3.8, 4) is 11.5 Å². The number of thioether (sulfide) groups is 1. The van der Waals surface area contributed by atoms with E-state index in [0.717, 1.165) is 16.0 Å². The molecule has 1 N–H and O–H groups in total. The van der Waals surface area contributed by atoms with Gasteiger partial charge in [0.25, 0.3) is 5.89 Å². The number of benzene rings is 2. The van der Waals surface area contributed by atoms with Crippen molar-refractivity contribution in [2.75, 3.05) is 11.1 Å². The number of nitrogens with zero attached hydrogens (tertiary/aromatic N) is 2. The summed E-state index contributed by atoms with van der Waals surface area (Å²) in [6.07, 6.45) is 0.444. The maximum atomic E-state index is 12.4. The number of hydrogen-bond donors (Lipinski definition) is 1. The quantitative estimate of drug-likeness (QED) is 0.671. The third-order valence-electron chi connectivity index (χ3n) is 4.13. The predicted octanol–water partition coefficient (Wildman–Crippen LogP) is 3.84. The number of anilines is 1. The zero-order chi connectivity index (χ0) is 19.5. The van der Waals surface area contributed by atoms with E-state index in [1.165, 1.54) is 0 Å². The molecule has 142 valence electrons. The molecule has 0 saturated heterocycles. The lowest BCUT2D eigenvalue weighted by Crippen LogP contribution is -2.11. The van der Waals surface area contributed by atoms with Gasteiger partial charge >= 0.3 is 5.97 Å². The molecular formula is C20H17N3O4S. The number of rotatable bonds is 4. The van der Waals surface area contributed by atoms with Crippen molar-refractivity contribution in [1.29, 1.82) is 0 Å². The highest BCUT2D eigenvalue weighted by atomic mass is 32.2. The third-order valence-corrected chi connectivity index (χ3v) is 5.21. The Morgan fingerprint density at radius 3 is 3.00 bits per heavy atom. The van der Waals surface area contributed by atoms with Gasteiger partial charge in [0.2, 0.25) is 11.8 Å². The second-order valence-electron chi connectivity index (χ2n) is 6.30. The number of fused-ring (bicyclic) bond motifs is 1. The van der Waals surface area contributed by atoms with Crippen molar-refractivity contribution in [2.24, 2.45) is 0 Å². The first kappa shape index (κ1) is 18.2. The van der Waals surface area contributed by atoms with Crippen molar-refractivity contribution in [3.05, 3.63) is 59.5 Å². The second-order valence-corrected chi connectivity index (χ2v) is 7.44. The summed E-state index contributed by atoms with van der Waals surface area (Å²) in [5.74, 6) is 0.708. The highest BCUT2D eigenvalue weighted by Crippen LogP contribution is 2.31. The summed E-state index contributed by atoms with van der Waals surface area (Å²) >= 11 is 1.58. The number of nitrogens with one attached hydrogen (secondary N) is 1. The van der Waals surface area contributed by atoms with Crippen LogP contribution < -0.4 is 5.32 Å². The van der Waals surface area contributed by atoms with E-state index >= 15 is 0 Å². The van der Waals surface area contributed by atoms with Crippen LogP contribution in [0.4, 0.5) is 5.69 Å². The average molecular weight is 395 g/mol. The maximum Gasteiger partial charge on any atom is 0.338 e. The van der Waals surface area contributed by atoms with E-state index in [-0.39, 0.29) is 18.4 Å². The van der Waals surface area contributed by atoms with Gasteiger partial charge in [0, 0.05) is 22.6 Å². The summed E-state index contributed by atoms with van der Waals surface area (Å²) in [7, 11) is 0. The number of carbonyl (C=O) groups is 2. The molecular weight excluding hydrogens is 378 g/mol. The van der Waals surface area contributed by atoms with Gasteiger partial charge in [-0.25, -0.2) is 4.79 Å². The number of carbonyl (C=O) groups excluding carboxylic acids is 2. The molecule has 0 atom stereocenters. The minimum atomic E-state index is -0.526. The summed E-state index contributed by atoms with van der Waals surface area (Å²) < 4.78 is 10.9. The molecule has 0 fully saturated rings. The molecule has 7 nitrogen and oxygen atoms in total. The van der Waals surface area contributed by atoms with E-state index in [9.17, 15) is 9.59 Å². The zero-order valence-electron chi connectivity index (χ0n) is 15.1. The summed E-state index contributed by atoms with van der Waals surface area (Å²) in [6, 6.07) is 12.8. The van der Waals surface area contributed by atoms with Crippen LogP contribution in [-0.2, 0) is 16.1 Å². The number of aromatic nitrogens is 2. The number of hydrogen-bond acceptors (Lipinski definition) is 7. The van der Waals surface area contributed by atoms with Gasteiger partial charge in [-0.2, -0.15) is 0 Å². The first-order valence-corrected chi connectivity index (χ1v) is 9.70. The van der Waals surface area contributed by atoms with E-state index in [1.54, 1.807) is 23.9 Å². The van der Waals surface area contributed by atoms with E-state index in [0.29, 0.717) is 29.3 Å². The van der Waals surface area contributed by atoms with Crippen molar-refractivity contribution < 1.29 is 18.7 Å². The van der Waals surface area contributed by atoms with Crippen LogP contribution in [0.15, 0.2) is 51.8 Å². The van der Waals surface area contributed by atoms with Gasteiger partial charge in [0.1, 0.15) is 0 Å². The molecule has 0 spiro atoms. The molecule has 1 aliphatic rings. The number of ether oxygens (including phenoxy) is 1. The Morgan fingerprint density at radius 1 is 1.25 bits per heavy atom. The lowest BCUT2D eigenvalue weighted by Gasteiger charge is -2.08. The normalized spacial score (nSPS) is 13.4. The summed E-state index contributed by atoms with van der Waals surface area (Å²) in [5, 5.41) is 10.7. The Bertz CT molecular complexity index is 1050. The summed E-state index contributed by atoms with van der Waals surface area (Å²) in [4.78, 5) is 25.0. The highest BCUT2D eigenvalue weighted by molar-refractivity contribution is 7.99.